The number of amides is 1. The molecule has 1 unspecified atom stereocenters. The second-order valence-electron chi connectivity index (χ2n) is 10.9. The molecule has 1 heterocycles. The predicted octanol–water partition coefficient (Wildman–Crippen LogP) is 4.64. The van der Waals surface area contributed by atoms with Crippen molar-refractivity contribution >= 4 is 39.1 Å². The van der Waals surface area contributed by atoms with Crippen LogP contribution in [0.25, 0.3) is 0 Å². The first-order valence-electron chi connectivity index (χ1n) is 14.4. The number of nitrogens with one attached hydrogen (secondary N) is 1. The van der Waals surface area contributed by atoms with E-state index >= 15 is 0 Å². The van der Waals surface area contributed by atoms with Crippen LogP contribution in [0.15, 0.2) is 53.4 Å². The number of benzene rings is 2. The van der Waals surface area contributed by atoms with Crippen molar-refractivity contribution in [2.24, 2.45) is 5.92 Å². The number of nitrogens with zero attached hydrogens (tertiary/aromatic N) is 2. The summed E-state index contributed by atoms with van der Waals surface area (Å²) >= 11 is 12.0. The Bertz CT molecular complexity index is 1220. The summed E-state index contributed by atoms with van der Waals surface area (Å²) in [5, 5.41) is 3.54. The van der Waals surface area contributed by atoms with E-state index in [1.807, 2.05) is 0 Å². The Kier molecular flexibility index (Phi) is 12.3. The van der Waals surface area contributed by atoms with E-state index in [4.69, 9.17) is 32.7 Å². The van der Waals surface area contributed by atoms with E-state index in [0.717, 1.165) is 69.1 Å². The number of aryl methyl sites for hydroxylation is 1. The number of ether oxygens (including phenoxy) is 2. The second-order valence-corrected chi connectivity index (χ2v) is 13.7. The lowest BCUT2D eigenvalue weighted by Gasteiger charge is -2.42. The van der Waals surface area contributed by atoms with Crippen LogP contribution in [0.2, 0.25) is 10.0 Å². The quantitative estimate of drug-likeness (QED) is 0.326. The van der Waals surface area contributed by atoms with Crippen molar-refractivity contribution in [1.29, 1.82) is 0 Å². The fourth-order valence-corrected chi connectivity index (χ4v) is 7.73. The second kappa shape index (κ2) is 15.7. The smallest absolute Gasteiger partial charge is 0.246 e. The van der Waals surface area contributed by atoms with E-state index in [1.54, 1.807) is 0 Å². The molecule has 1 amide bonds. The van der Waals surface area contributed by atoms with Gasteiger partial charge in [-0.25, -0.2) is 8.42 Å². The molecule has 0 spiro atoms. The Balaban J connectivity index is 1.18. The minimum Gasteiger partial charge on any atom is -0.379 e. The van der Waals surface area contributed by atoms with Crippen molar-refractivity contribution in [3.05, 3.63) is 64.1 Å². The van der Waals surface area contributed by atoms with Crippen molar-refractivity contribution in [2.75, 3.05) is 53.1 Å². The summed E-state index contributed by atoms with van der Waals surface area (Å²) in [6, 6.07) is 15.6. The van der Waals surface area contributed by atoms with Gasteiger partial charge in [0.25, 0.3) is 0 Å². The van der Waals surface area contributed by atoms with Crippen LogP contribution in [0.4, 0.5) is 0 Å². The molecule has 0 radical (unpaired) electrons. The Morgan fingerprint density at radius 1 is 1.10 bits per heavy atom. The van der Waals surface area contributed by atoms with Gasteiger partial charge >= 0.3 is 0 Å². The van der Waals surface area contributed by atoms with Gasteiger partial charge in [0, 0.05) is 43.8 Å². The summed E-state index contributed by atoms with van der Waals surface area (Å²) in [6.07, 6.45) is 6.27. The highest BCUT2D eigenvalue weighted by atomic mass is 35.5. The lowest BCUT2D eigenvalue weighted by molar-refractivity contribution is -0.126. The molecule has 8 nitrogen and oxygen atoms in total. The highest BCUT2D eigenvalue weighted by molar-refractivity contribution is 7.89. The molecule has 11 heteroatoms. The van der Waals surface area contributed by atoms with Gasteiger partial charge in [-0.2, -0.15) is 4.31 Å². The van der Waals surface area contributed by atoms with Crippen LogP contribution in [0, 0.1) is 5.92 Å². The Morgan fingerprint density at radius 2 is 1.80 bits per heavy atom. The Morgan fingerprint density at radius 3 is 2.49 bits per heavy atom. The van der Waals surface area contributed by atoms with Gasteiger partial charge in [0.15, 0.2) is 0 Å². The molecule has 1 saturated carbocycles. The van der Waals surface area contributed by atoms with Gasteiger partial charge in [0.1, 0.15) is 11.5 Å². The number of halogens is 2. The van der Waals surface area contributed by atoms with Crippen LogP contribution < -0.4 is 5.32 Å². The normalized spacial score (nSPS) is 21.1. The van der Waals surface area contributed by atoms with E-state index in [-0.39, 0.29) is 41.6 Å². The number of carbonyl (C=O) groups is 1. The van der Waals surface area contributed by atoms with Crippen LogP contribution in [0.3, 0.4) is 0 Å². The van der Waals surface area contributed by atoms with E-state index in [1.165, 1.54) is 30.8 Å². The van der Waals surface area contributed by atoms with Crippen molar-refractivity contribution in [3.63, 3.8) is 0 Å². The number of rotatable bonds is 13. The molecule has 2 aromatic rings. The van der Waals surface area contributed by atoms with Crippen molar-refractivity contribution in [2.45, 2.75) is 55.5 Å². The third kappa shape index (κ3) is 9.38. The molecule has 226 valence electrons. The van der Waals surface area contributed by atoms with Gasteiger partial charge in [-0.15, -0.1) is 0 Å². The molecule has 1 atom stereocenters. The first-order valence-corrected chi connectivity index (χ1v) is 16.6. The van der Waals surface area contributed by atoms with Crippen LogP contribution in [0.1, 0.15) is 37.7 Å². The summed E-state index contributed by atoms with van der Waals surface area (Å²) in [5.41, 5.74) is 1.38. The summed E-state index contributed by atoms with van der Waals surface area (Å²) < 4.78 is 37.9. The third-order valence-electron chi connectivity index (χ3n) is 8.13. The van der Waals surface area contributed by atoms with Gasteiger partial charge in [-0.1, -0.05) is 53.5 Å². The number of hydrogen-bond donors (Lipinski definition) is 1. The molecule has 1 aliphatic carbocycles. The Hall–Kier alpha value is -1.72. The molecule has 4 rings (SSSR count). The summed E-state index contributed by atoms with van der Waals surface area (Å²) in [4.78, 5) is 15.1. The summed E-state index contributed by atoms with van der Waals surface area (Å²) in [5.74, 6) is 0.432. The van der Waals surface area contributed by atoms with Gasteiger partial charge < -0.3 is 14.8 Å². The minimum absolute atomic E-state index is 0.0182. The van der Waals surface area contributed by atoms with Crippen LogP contribution in [-0.4, -0.2) is 88.7 Å². The highest BCUT2D eigenvalue weighted by Crippen LogP contribution is 2.32. The zero-order chi connectivity index (χ0) is 29.2. The number of sulfonamides is 1. The SMILES string of the molecule is CN(CCOCC(=O)NC1CCC(C(CCc2ccccc2)N2CCOCC2)CC1)S(=O)(=O)c1ccc(Cl)cc1Cl. The fourth-order valence-electron chi connectivity index (χ4n) is 5.83. The monoisotopic (exact) mass is 625 g/mol. The van der Waals surface area contributed by atoms with Crippen LogP contribution >= 0.6 is 23.2 Å². The number of hydrogen-bond acceptors (Lipinski definition) is 6. The molecule has 2 aliphatic rings. The largest absolute Gasteiger partial charge is 0.379 e. The summed E-state index contributed by atoms with van der Waals surface area (Å²) in [7, 11) is -2.35. The lowest BCUT2D eigenvalue weighted by atomic mass is 9.79. The molecule has 2 fully saturated rings. The number of carbonyl (C=O) groups excluding carboxylic acids is 1. The van der Waals surface area contributed by atoms with Crippen molar-refractivity contribution in [1.82, 2.24) is 14.5 Å². The predicted molar refractivity (Wildman–Crippen MR) is 162 cm³/mol. The zero-order valence-corrected chi connectivity index (χ0v) is 26.0. The minimum atomic E-state index is -3.80. The Labute approximate surface area is 254 Å². The van der Waals surface area contributed by atoms with E-state index in [9.17, 15) is 13.2 Å². The van der Waals surface area contributed by atoms with Crippen molar-refractivity contribution < 1.29 is 22.7 Å². The standard InChI is InChI=1S/C30H41Cl2N3O5S/c1-34(41(37,38)29-14-10-25(31)21-27(29)32)15-18-40-22-30(36)33-26-11-8-24(9-12-26)28(35-16-19-39-20-17-35)13-7-23-5-3-2-4-6-23/h2-6,10,14,21,24,26,28H,7-9,11-13,15-20,22H2,1H3,(H,33,36). The van der Waals surface area contributed by atoms with E-state index < -0.39 is 10.0 Å². The average molecular weight is 627 g/mol. The van der Waals surface area contributed by atoms with Gasteiger partial charge in [0.2, 0.25) is 15.9 Å². The van der Waals surface area contributed by atoms with E-state index in [0.29, 0.717) is 17.0 Å². The number of morpholine rings is 1. The first-order chi connectivity index (χ1) is 19.7. The zero-order valence-electron chi connectivity index (χ0n) is 23.6. The molecule has 0 bridgehead atoms. The first kappa shape index (κ1) is 32.2. The van der Waals surface area contributed by atoms with Crippen LogP contribution in [-0.2, 0) is 30.7 Å². The maximum atomic E-state index is 12.8. The average Bonchev–Trinajstić information content (AvgIpc) is 2.97. The fraction of sp³-hybridized carbons (Fsp3) is 0.567. The number of likely N-dealkylation sites (N-methyl/N-ethyl adjacent to an activating group) is 1. The molecule has 41 heavy (non-hydrogen) atoms. The highest BCUT2D eigenvalue weighted by Gasteiger charge is 2.32. The van der Waals surface area contributed by atoms with E-state index in [2.05, 4.69) is 40.5 Å². The van der Waals surface area contributed by atoms with Gasteiger partial charge in [-0.05, 0) is 68.2 Å². The van der Waals surface area contributed by atoms with Crippen molar-refractivity contribution in [3.8, 4) is 0 Å². The molecule has 0 aromatic heterocycles. The maximum absolute atomic E-state index is 12.8. The maximum Gasteiger partial charge on any atom is 0.246 e. The summed E-state index contributed by atoms with van der Waals surface area (Å²) in [6.45, 7) is 3.62. The topological polar surface area (TPSA) is 88.2 Å². The molecule has 1 N–H and O–H groups in total. The van der Waals surface area contributed by atoms with Gasteiger partial charge in [0.05, 0.1) is 24.8 Å². The third-order valence-corrected chi connectivity index (χ3v) is 10.7. The van der Waals surface area contributed by atoms with Gasteiger partial charge in [-0.3, -0.25) is 9.69 Å². The molecule has 1 saturated heterocycles. The molecule has 2 aromatic carbocycles. The molecular weight excluding hydrogens is 585 g/mol. The lowest BCUT2D eigenvalue weighted by Crippen LogP contribution is -2.49. The van der Waals surface area contributed by atoms with Crippen LogP contribution in [0.5, 0.6) is 0 Å². The molecular formula is C30H41Cl2N3O5S. The molecule has 1 aliphatic heterocycles.